The summed E-state index contributed by atoms with van der Waals surface area (Å²) in [6, 6.07) is 0. The van der Waals surface area contributed by atoms with Crippen LogP contribution in [0.1, 0.15) is 19.3 Å². The number of carboxylic acid groups (broad SMARTS) is 1. The van der Waals surface area contributed by atoms with Gasteiger partial charge in [-0.05, 0) is 19.3 Å². The quantitative estimate of drug-likeness (QED) is 0.680. The highest BCUT2D eigenvalue weighted by Gasteiger charge is 2.47. The Morgan fingerprint density at radius 1 is 1.57 bits per heavy atom. The van der Waals surface area contributed by atoms with Crippen molar-refractivity contribution in [2.24, 2.45) is 5.41 Å². The third-order valence-corrected chi connectivity index (χ3v) is 4.54. The molecule has 0 unspecified atom stereocenters. The summed E-state index contributed by atoms with van der Waals surface area (Å²) in [5.41, 5.74) is -1.24. The molecule has 0 aromatic carbocycles. The maximum Gasteiger partial charge on any atom is 0.312 e. The monoisotopic (exact) mass is 222 g/mol. The molecule has 0 aromatic rings. The number of rotatable bonds is 3. The summed E-state index contributed by atoms with van der Waals surface area (Å²) in [6.45, 7) is -0.492. The molecule has 5 nitrogen and oxygen atoms in total. The van der Waals surface area contributed by atoms with Gasteiger partial charge in [0.1, 0.15) is 9.84 Å². The second-order valence-corrected chi connectivity index (χ2v) is 6.26. The maximum atomic E-state index is 11.2. The highest BCUT2D eigenvalue weighted by Crippen LogP contribution is 2.40. The molecule has 14 heavy (non-hydrogen) atoms. The van der Waals surface area contributed by atoms with E-state index in [0.717, 1.165) is 6.26 Å². The Kier molecular flexibility index (Phi) is 2.87. The van der Waals surface area contributed by atoms with E-state index < -0.39 is 33.1 Å². The van der Waals surface area contributed by atoms with Crippen molar-refractivity contribution in [3.63, 3.8) is 0 Å². The van der Waals surface area contributed by atoms with Crippen LogP contribution in [0.3, 0.4) is 0 Å². The van der Waals surface area contributed by atoms with Gasteiger partial charge in [0, 0.05) is 6.26 Å². The summed E-state index contributed by atoms with van der Waals surface area (Å²) in [5.74, 6) is -1.11. The SMILES string of the molecule is CS(=O)(=O)[C@H]1CC[C@](CO)(C(=O)O)C1. The predicted octanol–water partition coefficient (Wildman–Crippen LogP) is -0.353. The van der Waals surface area contributed by atoms with Crippen molar-refractivity contribution >= 4 is 15.8 Å². The number of carbonyl (C=O) groups is 1. The van der Waals surface area contributed by atoms with Gasteiger partial charge in [0.15, 0.2) is 0 Å². The first-order valence-corrected chi connectivity index (χ1v) is 6.30. The van der Waals surface area contributed by atoms with Gasteiger partial charge in [-0.25, -0.2) is 8.42 Å². The molecule has 0 heterocycles. The smallest absolute Gasteiger partial charge is 0.312 e. The highest BCUT2D eigenvalue weighted by molar-refractivity contribution is 7.91. The average Bonchev–Trinajstić information content (AvgIpc) is 2.47. The van der Waals surface area contributed by atoms with Crippen LogP contribution in [0.2, 0.25) is 0 Å². The van der Waals surface area contributed by atoms with E-state index in [-0.39, 0.29) is 12.8 Å². The molecule has 0 spiro atoms. The third kappa shape index (κ3) is 1.90. The molecule has 1 fully saturated rings. The number of aliphatic hydroxyl groups is 1. The van der Waals surface area contributed by atoms with E-state index >= 15 is 0 Å². The minimum absolute atomic E-state index is 0.0255. The van der Waals surface area contributed by atoms with Crippen LogP contribution in [-0.2, 0) is 14.6 Å². The average molecular weight is 222 g/mol. The number of carboxylic acids is 1. The summed E-state index contributed by atoms with van der Waals surface area (Å²) in [6.07, 6.45) is 1.69. The lowest BCUT2D eigenvalue weighted by atomic mass is 9.88. The zero-order valence-corrected chi connectivity index (χ0v) is 8.75. The van der Waals surface area contributed by atoms with E-state index in [4.69, 9.17) is 10.2 Å². The topological polar surface area (TPSA) is 91.7 Å². The van der Waals surface area contributed by atoms with Crippen molar-refractivity contribution < 1.29 is 23.4 Å². The Morgan fingerprint density at radius 2 is 2.14 bits per heavy atom. The fourth-order valence-electron chi connectivity index (χ4n) is 1.85. The normalized spacial score (nSPS) is 33.1. The molecule has 0 aromatic heterocycles. The minimum Gasteiger partial charge on any atom is -0.481 e. The molecule has 0 amide bonds. The molecule has 0 bridgehead atoms. The van der Waals surface area contributed by atoms with E-state index in [1.54, 1.807) is 0 Å². The zero-order valence-electron chi connectivity index (χ0n) is 7.93. The molecule has 1 rings (SSSR count). The lowest BCUT2D eigenvalue weighted by molar-refractivity contribution is -0.151. The molecule has 1 aliphatic rings. The number of hydrogen-bond acceptors (Lipinski definition) is 4. The van der Waals surface area contributed by atoms with Gasteiger partial charge in [0.25, 0.3) is 0 Å². The van der Waals surface area contributed by atoms with Crippen LogP contribution in [0, 0.1) is 5.41 Å². The Labute approximate surface area is 82.7 Å². The van der Waals surface area contributed by atoms with Crippen molar-refractivity contribution in [2.45, 2.75) is 24.5 Å². The number of aliphatic hydroxyl groups excluding tert-OH is 1. The van der Waals surface area contributed by atoms with Gasteiger partial charge in [-0.15, -0.1) is 0 Å². The van der Waals surface area contributed by atoms with Crippen molar-refractivity contribution in [1.29, 1.82) is 0 Å². The lowest BCUT2D eigenvalue weighted by Crippen LogP contribution is -2.33. The number of hydrogen-bond donors (Lipinski definition) is 2. The third-order valence-electron chi connectivity index (χ3n) is 2.93. The van der Waals surface area contributed by atoms with Crippen LogP contribution < -0.4 is 0 Å². The fourth-order valence-corrected chi connectivity index (χ4v) is 3.02. The van der Waals surface area contributed by atoms with Gasteiger partial charge in [-0.2, -0.15) is 0 Å². The Hall–Kier alpha value is -0.620. The molecular formula is C8H14O5S. The van der Waals surface area contributed by atoms with Gasteiger partial charge in [-0.3, -0.25) is 4.79 Å². The molecule has 0 saturated heterocycles. The first kappa shape index (κ1) is 11.5. The van der Waals surface area contributed by atoms with Crippen LogP contribution in [0.4, 0.5) is 0 Å². The number of sulfone groups is 1. The Morgan fingerprint density at radius 3 is 2.36 bits per heavy atom. The largest absolute Gasteiger partial charge is 0.481 e. The molecule has 0 radical (unpaired) electrons. The van der Waals surface area contributed by atoms with E-state index in [9.17, 15) is 13.2 Å². The molecule has 82 valence electrons. The van der Waals surface area contributed by atoms with Gasteiger partial charge in [0.2, 0.25) is 0 Å². The second kappa shape index (κ2) is 3.51. The van der Waals surface area contributed by atoms with Crippen LogP contribution >= 0.6 is 0 Å². The lowest BCUT2D eigenvalue weighted by Gasteiger charge is -2.20. The zero-order chi connectivity index (χ0) is 11.0. The summed E-state index contributed by atoms with van der Waals surface area (Å²) >= 11 is 0. The molecule has 1 saturated carbocycles. The highest BCUT2D eigenvalue weighted by atomic mass is 32.2. The summed E-state index contributed by atoms with van der Waals surface area (Å²) in [4.78, 5) is 10.9. The van der Waals surface area contributed by atoms with Gasteiger partial charge >= 0.3 is 5.97 Å². The van der Waals surface area contributed by atoms with Crippen molar-refractivity contribution in [2.75, 3.05) is 12.9 Å². The van der Waals surface area contributed by atoms with Crippen LogP contribution in [0.15, 0.2) is 0 Å². The van der Waals surface area contributed by atoms with E-state index in [0.29, 0.717) is 6.42 Å². The standard InChI is InChI=1S/C8H14O5S/c1-14(12,13)6-2-3-8(4-6,5-9)7(10)11/h6,9H,2-5H2,1H3,(H,10,11)/t6-,8-/m0/s1. The Balaban J connectivity index is 2.87. The molecule has 2 N–H and O–H groups in total. The first-order valence-electron chi connectivity index (χ1n) is 4.35. The summed E-state index contributed by atoms with van der Waals surface area (Å²) < 4.78 is 22.4. The molecule has 2 atom stereocenters. The fraction of sp³-hybridized carbons (Fsp3) is 0.875. The van der Waals surface area contributed by atoms with E-state index in [2.05, 4.69) is 0 Å². The van der Waals surface area contributed by atoms with Gasteiger partial charge in [-0.1, -0.05) is 0 Å². The first-order chi connectivity index (χ1) is 6.32. The minimum atomic E-state index is -3.19. The summed E-state index contributed by atoms with van der Waals surface area (Å²) in [5, 5.41) is 17.3. The van der Waals surface area contributed by atoms with Gasteiger partial charge < -0.3 is 10.2 Å². The molecular weight excluding hydrogens is 208 g/mol. The van der Waals surface area contributed by atoms with Crippen LogP contribution in [0.25, 0.3) is 0 Å². The van der Waals surface area contributed by atoms with Crippen LogP contribution in [0.5, 0.6) is 0 Å². The molecule has 6 heteroatoms. The van der Waals surface area contributed by atoms with Crippen molar-refractivity contribution in [3.05, 3.63) is 0 Å². The van der Waals surface area contributed by atoms with Crippen molar-refractivity contribution in [3.8, 4) is 0 Å². The molecule has 0 aliphatic heterocycles. The molecule has 1 aliphatic carbocycles. The van der Waals surface area contributed by atoms with Gasteiger partial charge in [0.05, 0.1) is 17.3 Å². The Bertz CT molecular complexity index is 334. The maximum absolute atomic E-state index is 11.2. The predicted molar refractivity (Wildman–Crippen MR) is 49.6 cm³/mol. The van der Waals surface area contributed by atoms with E-state index in [1.807, 2.05) is 0 Å². The summed E-state index contributed by atoms with van der Waals surface area (Å²) in [7, 11) is -3.19. The van der Waals surface area contributed by atoms with Crippen molar-refractivity contribution in [1.82, 2.24) is 0 Å². The number of aliphatic carboxylic acids is 1. The second-order valence-electron chi connectivity index (χ2n) is 3.94. The van der Waals surface area contributed by atoms with E-state index in [1.165, 1.54) is 0 Å². The van der Waals surface area contributed by atoms with Crippen LogP contribution in [-0.4, -0.2) is 42.7 Å².